The monoisotopic (exact) mass is 335 g/mol. The molecular formula is C17H18ClNO4. The molecule has 0 radical (unpaired) electrons. The van der Waals surface area contributed by atoms with Gasteiger partial charge in [-0.3, -0.25) is 19.3 Å². The van der Waals surface area contributed by atoms with Crippen molar-refractivity contribution >= 4 is 29.4 Å². The first kappa shape index (κ1) is 16.0. The summed E-state index contributed by atoms with van der Waals surface area (Å²) in [5.74, 6) is -0.681. The normalized spacial score (nSPS) is 23.8. The minimum Gasteiger partial charge on any atom is -0.426 e. The molecule has 1 aromatic carbocycles. The second-order valence-electron chi connectivity index (χ2n) is 6.00. The first-order valence-corrected chi connectivity index (χ1v) is 8.25. The summed E-state index contributed by atoms with van der Waals surface area (Å²) in [7, 11) is 0. The fourth-order valence-corrected chi connectivity index (χ4v) is 3.47. The predicted molar refractivity (Wildman–Crippen MR) is 83.9 cm³/mol. The maximum Gasteiger partial charge on any atom is 0.312 e. The Balaban J connectivity index is 1.55. The van der Waals surface area contributed by atoms with Gasteiger partial charge in [0.2, 0.25) is 11.8 Å². The Bertz CT molecular complexity index is 604. The van der Waals surface area contributed by atoms with Crippen LogP contribution in [0, 0.1) is 11.8 Å². The lowest BCUT2D eigenvalue weighted by Gasteiger charge is -2.19. The minimum atomic E-state index is -0.470. The lowest BCUT2D eigenvalue weighted by Crippen LogP contribution is -2.33. The molecule has 122 valence electrons. The summed E-state index contributed by atoms with van der Waals surface area (Å²) in [5.41, 5.74) is 0. The van der Waals surface area contributed by atoms with Gasteiger partial charge in [0.05, 0.1) is 18.3 Å². The summed E-state index contributed by atoms with van der Waals surface area (Å²) in [6.45, 7) is 0.0943. The standard InChI is InChI=1S/C17H18ClNO4/c18-11-5-7-12(8-6-11)23-15(20)9-10-19-16(21)13-3-1-2-4-14(13)17(19)22/h5-8,13-14H,1-4,9-10H2. The largest absolute Gasteiger partial charge is 0.426 e. The molecule has 1 aliphatic heterocycles. The number of hydrogen-bond donors (Lipinski definition) is 0. The average Bonchev–Trinajstić information content (AvgIpc) is 2.80. The highest BCUT2D eigenvalue weighted by Gasteiger charge is 2.47. The van der Waals surface area contributed by atoms with Gasteiger partial charge in [0, 0.05) is 11.6 Å². The quantitative estimate of drug-likeness (QED) is 0.482. The number of fused-ring (bicyclic) bond motifs is 1. The van der Waals surface area contributed by atoms with Gasteiger partial charge in [-0.1, -0.05) is 24.4 Å². The first-order chi connectivity index (χ1) is 11.1. The molecule has 2 amide bonds. The zero-order valence-corrected chi connectivity index (χ0v) is 13.4. The van der Waals surface area contributed by atoms with Crippen LogP contribution in [0.25, 0.3) is 0 Å². The summed E-state index contributed by atoms with van der Waals surface area (Å²) in [6.07, 6.45) is 3.54. The van der Waals surface area contributed by atoms with E-state index in [2.05, 4.69) is 0 Å². The Hall–Kier alpha value is -1.88. The van der Waals surface area contributed by atoms with E-state index in [1.165, 1.54) is 4.90 Å². The molecule has 3 rings (SSSR count). The molecule has 1 aromatic rings. The van der Waals surface area contributed by atoms with Crippen molar-refractivity contribution in [1.29, 1.82) is 0 Å². The van der Waals surface area contributed by atoms with E-state index in [0.29, 0.717) is 10.8 Å². The van der Waals surface area contributed by atoms with E-state index in [1.807, 2.05) is 0 Å². The average molecular weight is 336 g/mol. The Morgan fingerprint density at radius 2 is 1.65 bits per heavy atom. The second-order valence-corrected chi connectivity index (χ2v) is 6.44. The van der Waals surface area contributed by atoms with Gasteiger partial charge in [0.15, 0.2) is 0 Å². The van der Waals surface area contributed by atoms with E-state index in [-0.39, 0.29) is 36.6 Å². The van der Waals surface area contributed by atoms with Gasteiger partial charge >= 0.3 is 5.97 Å². The van der Waals surface area contributed by atoms with E-state index < -0.39 is 5.97 Å². The molecule has 2 aliphatic rings. The van der Waals surface area contributed by atoms with Crippen LogP contribution in [0.5, 0.6) is 5.75 Å². The summed E-state index contributed by atoms with van der Waals surface area (Å²) in [5, 5.41) is 0.556. The molecule has 0 N–H and O–H groups in total. The van der Waals surface area contributed by atoms with Crippen LogP contribution in [-0.4, -0.2) is 29.2 Å². The molecule has 2 atom stereocenters. The van der Waals surface area contributed by atoms with Crippen LogP contribution in [-0.2, 0) is 14.4 Å². The molecule has 0 aromatic heterocycles. The highest BCUT2D eigenvalue weighted by molar-refractivity contribution is 6.30. The second kappa shape index (κ2) is 6.71. The van der Waals surface area contributed by atoms with E-state index in [4.69, 9.17) is 16.3 Å². The summed E-state index contributed by atoms with van der Waals surface area (Å²) in [6, 6.07) is 6.45. The fourth-order valence-electron chi connectivity index (χ4n) is 3.34. The van der Waals surface area contributed by atoms with Crippen molar-refractivity contribution in [2.24, 2.45) is 11.8 Å². The van der Waals surface area contributed by atoms with Gasteiger partial charge in [-0.05, 0) is 37.1 Å². The number of ether oxygens (including phenoxy) is 1. The van der Waals surface area contributed by atoms with Crippen molar-refractivity contribution in [1.82, 2.24) is 4.90 Å². The van der Waals surface area contributed by atoms with Gasteiger partial charge in [0.1, 0.15) is 5.75 Å². The van der Waals surface area contributed by atoms with Crippen LogP contribution in [0.2, 0.25) is 5.02 Å². The van der Waals surface area contributed by atoms with Crippen molar-refractivity contribution in [3.05, 3.63) is 29.3 Å². The number of carbonyl (C=O) groups excluding carboxylic acids is 3. The molecular weight excluding hydrogens is 318 g/mol. The highest BCUT2D eigenvalue weighted by Crippen LogP contribution is 2.37. The number of carbonyl (C=O) groups is 3. The van der Waals surface area contributed by atoms with Crippen LogP contribution in [0.15, 0.2) is 24.3 Å². The predicted octanol–water partition coefficient (Wildman–Crippen LogP) is 2.81. The van der Waals surface area contributed by atoms with Gasteiger partial charge < -0.3 is 4.74 Å². The molecule has 5 nitrogen and oxygen atoms in total. The Labute approximate surface area is 139 Å². The Kier molecular flexibility index (Phi) is 4.66. The Morgan fingerprint density at radius 3 is 2.22 bits per heavy atom. The smallest absolute Gasteiger partial charge is 0.312 e. The molecule has 2 unspecified atom stereocenters. The lowest BCUT2D eigenvalue weighted by molar-refractivity contribution is -0.141. The van der Waals surface area contributed by atoms with Gasteiger partial charge in [0.25, 0.3) is 0 Å². The molecule has 6 heteroatoms. The number of likely N-dealkylation sites (tertiary alicyclic amines) is 1. The number of imide groups is 1. The van der Waals surface area contributed by atoms with E-state index >= 15 is 0 Å². The molecule has 23 heavy (non-hydrogen) atoms. The zero-order chi connectivity index (χ0) is 16.4. The van der Waals surface area contributed by atoms with E-state index in [1.54, 1.807) is 24.3 Å². The van der Waals surface area contributed by atoms with Crippen LogP contribution in [0.3, 0.4) is 0 Å². The number of hydrogen-bond acceptors (Lipinski definition) is 4. The number of halogens is 1. The topological polar surface area (TPSA) is 63.7 Å². The Morgan fingerprint density at radius 1 is 1.09 bits per heavy atom. The number of nitrogens with zero attached hydrogens (tertiary/aromatic N) is 1. The number of amides is 2. The van der Waals surface area contributed by atoms with Crippen molar-refractivity contribution in [2.75, 3.05) is 6.54 Å². The molecule has 1 aliphatic carbocycles. The van der Waals surface area contributed by atoms with Gasteiger partial charge in [-0.15, -0.1) is 0 Å². The first-order valence-electron chi connectivity index (χ1n) is 7.88. The third kappa shape index (κ3) is 3.39. The van der Waals surface area contributed by atoms with Crippen molar-refractivity contribution < 1.29 is 19.1 Å². The number of benzene rings is 1. The van der Waals surface area contributed by atoms with Crippen molar-refractivity contribution in [3.63, 3.8) is 0 Å². The van der Waals surface area contributed by atoms with Crippen LogP contribution in [0.4, 0.5) is 0 Å². The SMILES string of the molecule is O=C(CCN1C(=O)C2CCCCC2C1=O)Oc1ccc(Cl)cc1. The fraction of sp³-hybridized carbons (Fsp3) is 0.471. The molecule has 1 saturated heterocycles. The molecule has 1 saturated carbocycles. The molecule has 1 heterocycles. The van der Waals surface area contributed by atoms with Crippen molar-refractivity contribution in [3.8, 4) is 5.75 Å². The van der Waals surface area contributed by atoms with Crippen molar-refractivity contribution in [2.45, 2.75) is 32.1 Å². The summed E-state index contributed by atoms with van der Waals surface area (Å²) in [4.78, 5) is 37.7. The summed E-state index contributed by atoms with van der Waals surface area (Å²) < 4.78 is 5.17. The highest BCUT2D eigenvalue weighted by atomic mass is 35.5. The van der Waals surface area contributed by atoms with E-state index in [0.717, 1.165) is 25.7 Å². The molecule has 0 bridgehead atoms. The zero-order valence-electron chi connectivity index (χ0n) is 12.7. The summed E-state index contributed by atoms with van der Waals surface area (Å²) >= 11 is 5.77. The number of rotatable bonds is 4. The van der Waals surface area contributed by atoms with Gasteiger partial charge in [-0.2, -0.15) is 0 Å². The number of esters is 1. The maximum atomic E-state index is 12.3. The third-order valence-electron chi connectivity index (χ3n) is 4.52. The van der Waals surface area contributed by atoms with Gasteiger partial charge in [-0.25, -0.2) is 0 Å². The van der Waals surface area contributed by atoms with Crippen LogP contribution < -0.4 is 4.74 Å². The lowest BCUT2D eigenvalue weighted by atomic mass is 9.81. The van der Waals surface area contributed by atoms with Crippen LogP contribution >= 0.6 is 11.6 Å². The molecule has 2 fully saturated rings. The molecule has 0 spiro atoms. The third-order valence-corrected chi connectivity index (χ3v) is 4.77. The maximum absolute atomic E-state index is 12.3. The minimum absolute atomic E-state index is 0.000450. The van der Waals surface area contributed by atoms with Crippen LogP contribution in [0.1, 0.15) is 32.1 Å². The van der Waals surface area contributed by atoms with E-state index in [9.17, 15) is 14.4 Å².